The van der Waals surface area contributed by atoms with E-state index in [1.54, 1.807) is 24.4 Å². The van der Waals surface area contributed by atoms with Gasteiger partial charge in [-0.1, -0.05) is 12.1 Å². The summed E-state index contributed by atoms with van der Waals surface area (Å²) in [5, 5.41) is 19.5. The van der Waals surface area contributed by atoms with Crippen molar-refractivity contribution in [3.05, 3.63) is 29.8 Å². The number of aliphatic carboxylic acids is 1. The van der Waals surface area contributed by atoms with Crippen molar-refractivity contribution < 1.29 is 14.6 Å². The maximum Gasteiger partial charge on any atom is 0.341 e. The Hall–Kier alpha value is -2.24. The zero-order chi connectivity index (χ0) is 11.4. The lowest BCUT2D eigenvalue weighted by molar-refractivity contribution is -0.139. The van der Waals surface area contributed by atoms with Crippen LogP contribution in [0.15, 0.2) is 39.7 Å². The lowest BCUT2D eigenvalue weighted by Crippen LogP contribution is -2.09. The standard InChI is InChI=1S/C10H9N3O3/c14-10(15)6-16-8-3-1-2-7(4-8)9-5-11-13-12-9/h1-5,9H,6H2,(H,14,15). The second kappa shape index (κ2) is 4.52. The zero-order valence-electron chi connectivity index (χ0n) is 8.28. The van der Waals surface area contributed by atoms with Crippen molar-refractivity contribution >= 4 is 12.2 Å². The molecule has 6 nitrogen and oxygen atoms in total. The van der Waals surface area contributed by atoms with Gasteiger partial charge in [-0.2, -0.15) is 5.11 Å². The van der Waals surface area contributed by atoms with Crippen LogP contribution in [-0.4, -0.2) is 23.9 Å². The van der Waals surface area contributed by atoms with Gasteiger partial charge in [-0.25, -0.2) is 4.79 Å². The van der Waals surface area contributed by atoms with E-state index < -0.39 is 5.97 Å². The van der Waals surface area contributed by atoms with E-state index in [4.69, 9.17) is 9.84 Å². The fourth-order valence-electron chi connectivity index (χ4n) is 1.29. The van der Waals surface area contributed by atoms with Gasteiger partial charge in [-0.3, -0.25) is 0 Å². The number of hydrogen-bond acceptors (Lipinski definition) is 5. The van der Waals surface area contributed by atoms with Crippen LogP contribution in [-0.2, 0) is 4.79 Å². The first kappa shape index (κ1) is 10.3. The minimum atomic E-state index is -1.01. The average Bonchev–Trinajstić information content (AvgIpc) is 2.80. The van der Waals surface area contributed by atoms with Crippen molar-refractivity contribution in [1.29, 1.82) is 0 Å². The first-order valence-electron chi connectivity index (χ1n) is 4.63. The minimum Gasteiger partial charge on any atom is -0.482 e. The van der Waals surface area contributed by atoms with Crippen molar-refractivity contribution in [3.8, 4) is 5.75 Å². The molecule has 0 saturated heterocycles. The summed E-state index contributed by atoms with van der Waals surface area (Å²) in [7, 11) is 0. The summed E-state index contributed by atoms with van der Waals surface area (Å²) < 4.78 is 5.05. The number of benzene rings is 1. The van der Waals surface area contributed by atoms with E-state index in [9.17, 15) is 4.79 Å². The molecule has 0 radical (unpaired) electrons. The largest absolute Gasteiger partial charge is 0.482 e. The minimum absolute atomic E-state index is 0.201. The molecule has 1 unspecified atom stereocenters. The third kappa shape index (κ3) is 2.41. The molecule has 1 aliphatic rings. The molecule has 0 spiro atoms. The summed E-state index contributed by atoms with van der Waals surface area (Å²) in [6, 6.07) is 6.84. The van der Waals surface area contributed by atoms with E-state index in [1.807, 2.05) is 6.07 Å². The highest BCUT2D eigenvalue weighted by atomic mass is 16.5. The van der Waals surface area contributed by atoms with Crippen molar-refractivity contribution in [2.24, 2.45) is 15.4 Å². The van der Waals surface area contributed by atoms with Crippen LogP contribution < -0.4 is 4.74 Å². The highest BCUT2D eigenvalue weighted by Crippen LogP contribution is 2.23. The summed E-state index contributed by atoms with van der Waals surface area (Å²) in [6.07, 6.45) is 1.61. The van der Waals surface area contributed by atoms with E-state index in [0.717, 1.165) is 5.56 Å². The van der Waals surface area contributed by atoms with E-state index in [0.29, 0.717) is 5.75 Å². The van der Waals surface area contributed by atoms with Gasteiger partial charge >= 0.3 is 5.97 Å². The molecule has 0 saturated carbocycles. The third-order valence-corrected chi connectivity index (χ3v) is 2.00. The summed E-state index contributed by atoms with van der Waals surface area (Å²) in [6.45, 7) is -0.357. The third-order valence-electron chi connectivity index (χ3n) is 2.00. The lowest BCUT2D eigenvalue weighted by atomic mass is 10.1. The van der Waals surface area contributed by atoms with E-state index in [2.05, 4.69) is 15.4 Å². The first-order chi connectivity index (χ1) is 7.75. The van der Waals surface area contributed by atoms with Crippen LogP contribution >= 0.6 is 0 Å². The second-order valence-electron chi connectivity index (χ2n) is 3.17. The van der Waals surface area contributed by atoms with Gasteiger partial charge in [-0.05, 0) is 22.9 Å². The number of rotatable bonds is 4. The molecule has 1 aromatic carbocycles. The highest BCUT2D eigenvalue weighted by molar-refractivity contribution is 5.69. The van der Waals surface area contributed by atoms with Crippen molar-refractivity contribution in [2.75, 3.05) is 6.61 Å². The van der Waals surface area contributed by atoms with Gasteiger partial charge in [0.2, 0.25) is 0 Å². The van der Waals surface area contributed by atoms with Crippen LogP contribution in [0.3, 0.4) is 0 Å². The topological polar surface area (TPSA) is 83.6 Å². The molecule has 1 atom stereocenters. The molecule has 16 heavy (non-hydrogen) atoms. The number of carbonyl (C=O) groups is 1. The Morgan fingerprint density at radius 2 is 2.38 bits per heavy atom. The van der Waals surface area contributed by atoms with Crippen LogP contribution in [0.2, 0.25) is 0 Å². The molecule has 1 aromatic rings. The first-order valence-corrected chi connectivity index (χ1v) is 4.63. The van der Waals surface area contributed by atoms with Gasteiger partial charge in [0, 0.05) is 0 Å². The number of carboxylic acid groups (broad SMARTS) is 1. The van der Waals surface area contributed by atoms with Gasteiger partial charge in [0.05, 0.1) is 6.21 Å². The molecule has 0 aliphatic carbocycles. The highest BCUT2D eigenvalue weighted by Gasteiger charge is 2.11. The Morgan fingerprint density at radius 1 is 1.50 bits per heavy atom. The molecule has 1 aliphatic heterocycles. The van der Waals surface area contributed by atoms with Crippen LogP contribution in [0.4, 0.5) is 0 Å². The van der Waals surface area contributed by atoms with E-state index in [-0.39, 0.29) is 12.6 Å². The molecule has 82 valence electrons. The van der Waals surface area contributed by atoms with Crippen LogP contribution in [0.5, 0.6) is 5.75 Å². The van der Waals surface area contributed by atoms with Crippen LogP contribution in [0.25, 0.3) is 0 Å². The van der Waals surface area contributed by atoms with Crippen LogP contribution in [0.1, 0.15) is 11.6 Å². The molecule has 6 heteroatoms. The molecule has 0 bridgehead atoms. The number of carboxylic acids is 1. The van der Waals surface area contributed by atoms with Gasteiger partial charge in [0.15, 0.2) is 6.61 Å². The second-order valence-corrected chi connectivity index (χ2v) is 3.17. The predicted octanol–water partition coefficient (Wildman–Crippen LogP) is 1.64. The molecule has 1 heterocycles. The number of nitrogens with zero attached hydrogens (tertiary/aromatic N) is 3. The van der Waals surface area contributed by atoms with E-state index >= 15 is 0 Å². The molecule has 0 aromatic heterocycles. The molecular weight excluding hydrogens is 210 g/mol. The molecule has 1 N–H and O–H groups in total. The molecule has 2 rings (SSSR count). The summed E-state index contributed by atoms with van der Waals surface area (Å²) >= 11 is 0. The van der Waals surface area contributed by atoms with Gasteiger partial charge in [0.25, 0.3) is 0 Å². The lowest BCUT2D eigenvalue weighted by Gasteiger charge is -2.06. The molecule has 0 fully saturated rings. The Bertz CT molecular complexity index is 444. The Kier molecular flexibility index (Phi) is 2.90. The summed E-state index contributed by atoms with van der Waals surface area (Å²) in [4.78, 5) is 10.3. The monoisotopic (exact) mass is 219 g/mol. The van der Waals surface area contributed by atoms with Gasteiger partial charge in [0.1, 0.15) is 11.8 Å². The summed E-state index contributed by atoms with van der Waals surface area (Å²) in [5.41, 5.74) is 0.868. The smallest absolute Gasteiger partial charge is 0.341 e. The summed E-state index contributed by atoms with van der Waals surface area (Å²) in [5.74, 6) is -0.511. The fourth-order valence-corrected chi connectivity index (χ4v) is 1.29. The maximum absolute atomic E-state index is 10.3. The predicted molar refractivity (Wildman–Crippen MR) is 55.7 cm³/mol. The SMILES string of the molecule is O=C(O)COc1cccc(C2C=NN=N2)c1. The van der Waals surface area contributed by atoms with Gasteiger partial charge in [-0.15, -0.1) is 5.10 Å². The van der Waals surface area contributed by atoms with E-state index in [1.165, 1.54) is 0 Å². The Labute approximate surface area is 91.3 Å². The Morgan fingerprint density at radius 3 is 3.06 bits per heavy atom. The Balaban J connectivity index is 2.10. The van der Waals surface area contributed by atoms with Crippen molar-refractivity contribution in [1.82, 2.24) is 0 Å². The molecular formula is C10H9N3O3. The zero-order valence-corrected chi connectivity index (χ0v) is 8.28. The average molecular weight is 219 g/mol. The maximum atomic E-state index is 10.3. The molecule has 0 amide bonds. The number of hydrogen-bond donors (Lipinski definition) is 1. The van der Waals surface area contributed by atoms with Crippen molar-refractivity contribution in [3.63, 3.8) is 0 Å². The van der Waals surface area contributed by atoms with Crippen LogP contribution in [0, 0.1) is 0 Å². The number of ether oxygens (including phenoxy) is 1. The van der Waals surface area contributed by atoms with Crippen molar-refractivity contribution in [2.45, 2.75) is 6.04 Å². The fraction of sp³-hybridized carbons (Fsp3) is 0.200. The van der Waals surface area contributed by atoms with Gasteiger partial charge < -0.3 is 9.84 Å². The quantitative estimate of drug-likeness (QED) is 0.835. The normalized spacial score (nSPS) is 17.6.